The van der Waals surface area contributed by atoms with Gasteiger partial charge in [0.25, 0.3) is 0 Å². The molecule has 1 saturated heterocycles. The summed E-state index contributed by atoms with van der Waals surface area (Å²) in [6.07, 6.45) is 0.557. The fourth-order valence-corrected chi connectivity index (χ4v) is 3.59. The maximum absolute atomic E-state index is 12.7. The molecular weight excluding hydrogens is 350 g/mol. The number of ketones is 2. The third-order valence-electron chi connectivity index (χ3n) is 5.15. The molecule has 0 spiro atoms. The van der Waals surface area contributed by atoms with E-state index >= 15 is 0 Å². The number of rotatable bonds is 4. The number of Topliss-reactive ketones (excluding diaryl/α,β-unsaturated/α-hetero) is 2. The summed E-state index contributed by atoms with van der Waals surface area (Å²) in [6, 6.07) is 3.41. The fourth-order valence-electron chi connectivity index (χ4n) is 3.59. The maximum atomic E-state index is 12.7. The Morgan fingerprint density at radius 2 is 1.89 bits per heavy atom. The lowest BCUT2D eigenvalue weighted by atomic mass is 9.79. The monoisotopic (exact) mass is 369 g/mol. The molecule has 2 atom stereocenters. The Morgan fingerprint density at radius 3 is 2.56 bits per heavy atom. The second-order valence-corrected chi connectivity index (χ2v) is 6.89. The molecule has 8 nitrogen and oxygen atoms in total. The summed E-state index contributed by atoms with van der Waals surface area (Å²) in [5.41, 5.74) is -0.218. The van der Waals surface area contributed by atoms with Crippen LogP contribution in [0.3, 0.4) is 0 Å². The Labute approximate surface area is 155 Å². The quantitative estimate of drug-likeness (QED) is 0.760. The van der Waals surface area contributed by atoms with E-state index in [4.69, 9.17) is 14.2 Å². The van der Waals surface area contributed by atoms with E-state index in [1.54, 1.807) is 12.1 Å². The van der Waals surface area contributed by atoms with Crippen molar-refractivity contribution in [3.05, 3.63) is 18.5 Å². The summed E-state index contributed by atoms with van der Waals surface area (Å²) in [5.74, 6) is 0.900. The van der Waals surface area contributed by atoms with Gasteiger partial charge in [0.15, 0.2) is 34.8 Å². The van der Waals surface area contributed by atoms with Crippen LogP contribution in [0.15, 0.2) is 23.5 Å². The van der Waals surface area contributed by atoms with Gasteiger partial charge in [-0.05, 0) is 12.0 Å². The predicted octanol–water partition coefficient (Wildman–Crippen LogP) is 2.05. The summed E-state index contributed by atoms with van der Waals surface area (Å²) >= 11 is 0. The molecule has 2 aliphatic rings. The van der Waals surface area contributed by atoms with E-state index in [1.165, 1.54) is 20.5 Å². The zero-order valence-electron chi connectivity index (χ0n) is 15.5. The third kappa shape index (κ3) is 2.51. The van der Waals surface area contributed by atoms with Gasteiger partial charge < -0.3 is 14.2 Å². The molecule has 0 radical (unpaired) electrons. The predicted molar refractivity (Wildman–Crippen MR) is 96.8 cm³/mol. The molecule has 1 aromatic heterocycles. The lowest BCUT2D eigenvalue weighted by Gasteiger charge is -2.19. The molecule has 1 aromatic carbocycles. The molecular formula is C19H19N3O5. The molecule has 8 heteroatoms. The van der Waals surface area contributed by atoms with Crippen LogP contribution in [0.1, 0.15) is 20.3 Å². The topological polar surface area (TPSA) is 103 Å². The van der Waals surface area contributed by atoms with Crippen LogP contribution in [0.4, 0.5) is 5.82 Å². The van der Waals surface area contributed by atoms with Gasteiger partial charge >= 0.3 is 0 Å². The van der Waals surface area contributed by atoms with Crippen molar-refractivity contribution in [1.82, 2.24) is 9.97 Å². The zero-order valence-corrected chi connectivity index (χ0v) is 15.5. The van der Waals surface area contributed by atoms with Crippen molar-refractivity contribution in [2.45, 2.75) is 32.0 Å². The Bertz CT molecular complexity index is 1000. The van der Waals surface area contributed by atoms with E-state index in [1.807, 2.05) is 13.8 Å². The summed E-state index contributed by atoms with van der Waals surface area (Å²) in [6.45, 7) is 3.76. The fraction of sp³-hybridized carbons (Fsp3) is 0.421. The number of ether oxygens (including phenoxy) is 3. The standard InChI is InChI=1S/C19H19N3O5/c1-9(2)19-15(23)7-12(16(24)17(19)27-19)22-18-10-5-13(25-3)14(26-4)6-11(10)20-8-21-18/h5-6,8-9,17H,7H2,1-4H3. The minimum absolute atomic E-state index is 0.0582. The number of hydrogen-bond donors (Lipinski definition) is 0. The molecule has 1 aliphatic heterocycles. The smallest absolute Gasteiger partial charge is 0.209 e. The summed E-state index contributed by atoms with van der Waals surface area (Å²) in [4.78, 5) is 38.1. The van der Waals surface area contributed by atoms with Crippen molar-refractivity contribution in [1.29, 1.82) is 0 Å². The SMILES string of the molecule is COc1cc2ncnc(N=C3CC(=O)C4(C(C)C)OC4C3=O)c2cc1OC. The molecule has 27 heavy (non-hydrogen) atoms. The van der Waals surface area contributed by atoms with Gasteiger partial charge in [-0.2, -0.15) is 0 Å². The minimum atomic E-state index is -0.972. The second kappa shape index (κ2) is 6.09. The molecule has 0 N–H and O–H groups in total. The highest BCUT2D eigenvalue weighted by Gasteiger charge is 2.70. The largest absolute Gasteiger partial charge is 0.493 e. The van der Waals surface area contributed by atoms with Crippen molar-refractivity contribution >= 4 is 34.0 Å². The first-order valence-electron chi connectivity index (χ1n) is 8.62. The first-order valence-corrected chi connectivity index (χ1v) is 8.62. The summed E-state index contributed by atoms with van der Waals surface area (Å²) in [7, 11) is 3.06. The first kappa shape index (κ1) is 17.5. The molecule has 0 amide bonds. The summed E-state index contributed by atoms with van der Waals surface area (Å²) in [5, 5.41) is 0.598. The Hall–Kier alpha value is -2.87. The van der Waals surface area contributed by atoms with Gasteiger partial charge in [-0.1, -0.05) is 13.8 Å². The Balaban J connectivity index is 1.78. The highest BCUT2D eigenvalue weighted by molar-refractivity contribution is 6.49. The van der Waals surface area contributed by atoms with Crippen LogP contribution in [0.5, 0.6) is 11.5 Å². The average Bonchev–Trinajstić information content (AvgIpc) is 3.43. The lowest BCUT2D eigenvalue weighted by molar-refractivity contribution is -0.126. The van der Waals surface area contributed by atoms with Crippen LogP contribution < -0.4 is 9.47 Å². The van der Waals surface area contributed by atoms with Gasteiger partial charge in [-0.25, -0.2) is 15.0 Å². The molecule has 140 valence electrons. The molecule has 2 unspecified atom stereocenters. The van der Waals surface area contributed by atoms with Crippen LogP contribution in [0.25, 0.3) is 10.9 Å². The van der Waals surface area contributed by atoms with E-state index in [-0.39, 0.29) is 29.6 Å². The third-order valence-corrected chi connectivity index (χ3v) is 5.15. The molecule has 4 rings (SSSR count). The minimum Gasteiger partial charge on any atom is -0.493 e. The number of nitrogens with zero attached hydrogens (tertiary/aromatic N) is 3. The number of benzene rings is 1. The molecule has 2 aromatic rings. The van der Waals surface area contributed by atoms with Crippen LogP contribution in [0, 0.1) is 5.92 Å². The van der Waals surface area contributed by atoms with Crippen molar-refractivity contribution < 1.29 is 23.8 Å². The van der Waals surface area contributed by atoms with Gasteiger partial charge in [0.05, 0.1) is 31.9 Å². The zero-order chi connectivity index (χ0) is 19.3. The van der Waals surface area contributed by atoms with E-state index < -0.39 is 11.7 Å². The van der Waals surface area contributed by atoms with E-state index in [9.17, 15) is 9.59 Å². The second-order valence-electron chi connectivity index (χ2n) is 6.89. The van der Waals surface area contributed by atoms with Crippen LogP contribution in [-0.2, 0) is 14.3 Å². The van der Waals surface area contributed by atoms with Crippen molar-refractivity contribution in [3.8, 4) is 11.5 Å². The number of methoxy groups -OCH3 is 2. The number of carbonyl (C=O) groups excluding carboxylic acids is 2. The van der Waals surface area contributed by atoms with Gasteiger partial charge in [0.2, 0.25) is 5.78 Å². The molecule has 2 fully saturated rings. The van der Waals surface area contributed by atoms with Crippen molar-refractivity contribution in [3.63, 3.8) is 0 Å². The number of carbonyl (C=O) groups is 2. The lowest BCUT2D eigenvalue weighted by Crippen LogP contribution is -2.44. The Morgan fingerprint density at radius 1 is 1.19 bits per heavy atom. The van der Waals surface area contributed by atoms with Gasteiger partial charge in [-0.15, -0.1) is 0 Å². The van der Waals surface area contributed by atoms with Gasteiger partial charge in [0, 0.05) is 11.5 Å². The van der Waals surface area contributed by atoms with Crippen LogP contribution in [-0.4, -0.2) is 53.2 Å². The highest BCUT2D eigenvalue weighted by atomic mass is 16.6. The van der Waals surface area contributed by atoms with Crippen LogP contribution in [0.2, 0.25) is 0 Å². The number of fused-ring (bicyclic) bond motifs is 2. The van der Waals surface area contributed by atoms with E-state index in [0.29, 0.717) is 28.2 Å². The molecule has 0 bridgehead atoms. The number of hydrogen-bond acceptors (Lipinski definition) is 8. The van der Waals surface area contributed by atoms with Crippen molar-refractivity contribution in [2.24, 2.45) is 10.9 Å². The summed E-state index contributed by atoms with van der Waals surface area (Å²) < 4.78 is 16.1. The Kier molecular flexibility index (Phi) is 3.96. The highest BCUT2D eigenvalue weighted by Crippen LogP contribution is 2.48. The van der Waals surface area contributed by atoms with Gasteiger partial charge in [0.1, 0.15) is 6.33 Å². The van der Waals surface area contributed by atoms with E-state index in [2.05, 4.69) is 15.0 Å². The van der Waals surface area contributed by atoms with Gasteiger partial charge in [-0.3, -0.25) is 9.59 Å². The van der Waals surface area contributed by atoms with Crippen molar-refractivity contribution in [2.75, 3.05) is 14.2 Å². The number of aliphatic imine (C=N–C) groups is 1. The average molecular weight is 369 g/mol. The maximum Gasteiger partial charge on any atom is 0.209 e. The number of epoxide rings is 1. The molecule has 1 saturated carbocycles. The first-order chi connectivity index (χ1) is 12.9. The van der Waals surface area contributed by atoms with E-state index in [0.717, 1.165) is 0 Å². The van der Waals surface area contributed by atoms with Crippen LogP contribution >= 0.6 is 0 Å². The molecule has 1 aliphatic carbocycles. The number of aromatic nitrogens is 2. The molecule has 2 heterocycles. The normalized spacial score (nSPS) is 25.8.